The molecule has 0 atom stereocenters. The highest BCUT2D eigenvalue weighted by Crippen LogP contribution is 2.20. The lowest BCUT2D eigenvalue weighted by Crippen LogP contribution is -2.48. The number of pyridine rings is 1. The fourth-order valence-corrected chi connectivity index (χ4v) is 2.86. The number of aryl methyl sites for hydroxylation is 2. The Bertz CT molecular complexity index is 926. The van der Waals surface area contributed by atoms with E-state index in [1.807, 2.05) is 52.8 Å². The second-order valence-electron chi connectivity index (χ2n) is 8.30. The number of aromatic nitrogens is 1. The number of amides is 3. The first-order chi connectivity index (χ1) is 14.6. The number of hydrogen-bond donors (Lipinski definition) is 2. The van der Waals surface area contributed by atoms with Gasteiger partial charge in [0.25, 0.3) is 0 Å². The molecule has 2 rings (SSSR count). The van der Waals surface area contributed by atoms with E-state index in [1.165, 1.54) is 4.90 Å². The van der Waals surface area contributed by atoms with Crippen LogP contribution in [-0.2, 0) is 14.4 Å². The standard InChI is InChI=1S/C24H32N4O3/c1-6-24(4,5)27-22(30)16-28(19-11-10-17(2)18(3)15-19)23(31)13-12-21(29)26-20-9-7-8-14-25-20/h7-11,14-15H,6,12-13,16H2,1-5H3,(H,27,30)(H,25,26,29). The molecule has 7 nitrogen and oxygen atoms in total. The fourth-order valence-electron chi connectivity index (χ4n) is 2.86. The van der Waals surface area contributed by atoms with E-state index in [4.69, 9.17) is 0 Å². The molecule has 0 saturated heterocycles. The average Bonchev–Trinajstić information content (AvgIpc) is 2.73. The van der Waals surface area contributed by atoms with Gasteiger partial charge in [0.2, 0.25) is 17.7 Å². The maximum Gasteiger partial charge on any atom is 0.240 e. The molecule has 0 spiro atoms. The monoisotopic (exact) mass is 424 g/mol. The molecule has 1 heterocycles. The SMILES string of the molecule is CCC(C)(C)NC(=O)CN(C(=O)CCC(=O)Nc1ccccn1)c1ccc(C)c(C)c1. The third-order valence-corrected chi connectivity index (χ3v) is 5.26. The maximum absolute atomic E-state index is 13.0. The summed E-state index contributed by atoms with van der Waals surface area (Å²) in [5.74, 6) is -0.393. The average molecular weight is 425 g/mol. The minimum Gasteiger partial charge on any atom is -0.350 e. The number of nitrogens with zero attached hydrogens (tertiary/aromatic N) is 2. The summed E-state index contributed by atoms with van der Waals surface area (Å²) in [4.78, 5) is 43.4. The van der Waals surface area contributed by atoms with E-state index in [9.17, 15) is 14.4 Å². The second-order valence-corrected chi connectivity index (χ2v) is 8.30. The summed E-state index contributed by atoms with van der Waals surface area (Å²) in [6.07, 6.45) is 2.33. The smallest absolute Gasteiger partial charge is 0.240 e. The van der Waals surface area contributed by atoms with Crippen LogP contribution in [0.2, 0.25) is 0 Å². The zero-order valence-corrected chi connectivity index (χ0v) is 19.0. The fraction of sp³-hybridized carbons (Fsp3) is 0.417. The largest absolute Gasteiger partial charge is 0.350 e. The molecule has 2 N–H and O–H groups in total. The number of nitrogens with one attached hydrogen (secondary N) is 2. The Kier molecular flexibility index (Phi) is 8.30. The van der Waals surface area contributed by atoms with Gasteiger partial charge in [0.1, 0.15) is 12.4 Å². The van der Waals surface area contributed by atoms with Crippen molar-refractivity contribution in [3.05, 3.63) is 53.7 Å². The van der Waals surface area contributed by atoms with Gasteiger partial charge in [0.05, 0.1) is 0 Å². The van der Waals surface area contributed by atoms with Gasteiger partial charge in [-0.2, -0.15) is 0 Å². The molecule has 0 fully saturated rings. The molecule has 7 heteroatoms. The third kappa shape index (κ3) is 7.51. The lowest BCUT2D eigenvalue weighted by Gasteiger charge is -2.28. The van der Waals surface area contributed by atoms with E-state index in [0.717, 1.165) is 17.5 Å². The molecular formula is C24H32N4O3. The lowest BCUT2D eigenvalue weighted by molar-refractivity contribution is -0.125. The quantitative estimate of drug-likeness (QED) is 0.641. The highest BCUT2D eigenvalue weighted by molar-refractivity contribution is 6.01. The molecule has 3 amide bonds. The first kappa shape index (κ1) is 24.1. The molecule has 31 heavy (non-hydrogen) atoms. The zero-order chi connectivity index (χ0) is 23.0. The molecule has 0 saturated carbocycles. The summed E-state index contributed by atoms with van der Waals surface area (Å²) in [6.45, 7) is 9.72. The van der Waals surface area contributed by atoms with Gasteiger partial charge in [-0.05, 0) is 69.5 Å². The molecule has 0 aliphatic heterocycles. The predicted octanol–water partition coefficient (Wildman–Crippen LogP) is 3.76. The van der Waals surface area contributed by atoms with E-state index in [0.29, 0.717) is 11.5 Å². The van der Waals surface area contributed by atoms with Crippen molar-refractivity contribution in [1.29, 1.82) is 0 Å². The highest BCUT2D eigenvalue weighted by Gasteiger charge is 2.24. The van der Waals surface area contributed by atoms with E-state index in [1.54, 1.807) is 24.4 Å². The number of rotatable bonds is 9. The van der Waals surface area contributed by atoms with Crippen LogP contribution >= 0.6 is 0 Å². The number of hydrogen-bond acceptors (Lipinski definition) is 4. The maximum atomic E-state index is 13.0. The van der Waals surface area contributed by atoms with Crippen molar-refractivity contribution in [2.75, 3.05) is 16.8 Å². The van der Waals surface area contributed by atoms with Crippen molar-refractivity contribution in [1.82, 2.24) is 10.3 Å². The Morgan fingerprint density at radius 1 is 1.00 bits per heavy atom. The van der Waals surface area contributed by atoms with E-state index >= 15 is 0 Å². The second kappa shape index (κ2) is 10.7. The zero-order valence-electron chi connectivity index (χ0n) is 19.0. The molecule has 2 aromatic rings. The van der Waals surface area contributed by atoms with Crippen LogP contribution in [0.15, 0.2) is 42.6 Å². The Morgan fingerprint density at radius 3 is 2.35 bits per heavy atom. The van der Waals surface area contributed by atoms with Crippen LogP contribution in [0.25, 0.3) is 0 Å². The Labute approximate surface area is 184 Å². The van der Waals surface area contributed by atoms with Gasteiger partial charge in [0.15, 0.2) is 0 Å². The summed E-state index contributed by atoms with van der Waals surface area (Å²) < 4.78 is 0. The summed E-state index contributed by atoms with van der Waals surface area (Å²) in [5.41, 5.74) is 2.40. The van der Waals surface area contributed by atoms with Gasteiger partial charge in [-0.25, -0.2) is 4.98 Å². The number of carbonyl (C=O) groups excluding carboxylic acids is 3. The Hall–Kier alpha value is -3.22. The van der Waals surface area contributed by atoms with Crippen LogP contribution in [0.1, 0.15) is 51.2 Å². The summed E-state index contributed by atoms with van der Waals surface area (Å²) >= 11 is 0. The normalized spacial score (nSPS) is 11.0. The highest BCUT2D eigenvalue weighted by atomic mass is 16.2. The molecule has 0 unspecified atom stereocenters. The molecule has 0 aliphatic carbocycles. The van der Waals surface area contributed by atoms with Crippen molar-refractivity contribution < 1.29 is 14.4 Å². The van der Waals surface area contributed by atoms with E-state index in [2.05, 4.69) is 15.6 Å². The van der Waals surface area contributed by atoms with Crippen LogP contribution < -0.4 is 15.5 Å². The van der Waals surface area contributed by atoms with Crippen LogP contribution in [0.5, 0.6) is 0 Å². The molecule has 0 bridgehead atoms. The van der Waals surface area contributed by atoms with Gasteiger partial charge in [-0.1, -0.05) is 19.1 Å². The van der Waals surface area contributed by atoms with E-state index in [-0.39, 0.29) is 42.6 Å². The van der Waals surface area contributed by atoms with Gasteiger partial charge in [0, 0.05) is 30.3 Å². The van der Waals surface area contributed by atoms with Gasteiger partial charge >= 0.3 is 0 Å². The number of anilines is 2. The molecule has 1 aromatic carbocycles. The van der Waals surface area contributed by atoms with Crippen molar-refractivity contribution in [3.8, 4) is 0 Å². The van der Waals surface area contributed by atoms with Gasteiger partial charge in [-0.3, -0.25) is 14.4 Å². The van der Waals surface area contributed by atoms with E-state index < -0.39 is 0 Å². The predicted molar refractivity (Wildman–Crippen MR) is 123 cm³/mol. The van der Waals surface area contributed by atoms with Crippen molar-refractivity contribution in [2.24, 2.45) is 0 Å². The first-order valence-electron chi connectivity index (χ1n) is 10.5. The summed E-state index contributed by atoms with van der Waals surface area (Å²) in [5, 5.41) is 5.64. The summed E-state index contributed by atoms with van der Waals surface area (Å²) in [7, 11) is 0. The first-order valence-corrected chi connectivity index (χ1v) is 10.5. The number of carbonyl (C=O) groups is 3. The molecule has 0 aliphatic rings. The number of benzene rings is 1. The molecule has 1 aromatic heterocycles. The third-order valence-electron chi connectivity index (χ3n) is 5.26. The van der Waals surface area contributed by atoms with Crippen molar-refractivity contribution in [3.63, 3.8) is 0 Å². The Morgan fingerprint density at radius 2 is 1.74 bits per heavy atom. The van der Waals surface area contributed by atoms with Crippen LogP contribution in [0.4, 0.5) is 11.5 Å². The molecule has 0 radical (unpaired) electrons. The summed E-state index contributed by atoms with van der Waals surface area (Å²) in [6, 6.07) is 10.8. The van der Waals surface area contributed by atoms with Crippen LogP contribution in [0.3, 0.4) is 0 Å². The van der Waals surface area contributed by atoms with Crippen molar-refractivity contribution >= 4 is 29.2 Å². The van der Waals surface area contributed by atoms with Crippen molar-refractivity contribution in [2.45, 2.75) is 59.4 Å². The van der Waals surface area contributed by atoms with Crippen LogP contribution in [0, 0.1) is 13.8 Å². The lowest BCUT2D eigenvalue weighted by atomic mass is 10.0. The molecule has 166 valence electrons. The Balaban J connectivity index is 2.11. The van der Waals surface area contributed by atoms with Crippen LogP contribution in [-0.4, -0.2) is 34.8 Å². The topological polar surface area (TPSA) is 91.4 Å². The molecular weight excluding hydrogens is 392 g/mol. The minimum absolute atomic E-state index is 0.00117. The van der Waals surface area contributed by atoms with Gasteiger partial charge in [-0.15, -0.1) is 0 Å². The minimum atomic E-state index is -0.364. The van der Waals surface area contributed by atoms with Gasteiger partial charge < -0.3 is 15.5 Å².